The Morgan fingerprint density at radius 1 is 1.38 bits per heavy atom. The van der Waals surface area contributed by atoms with Crippen molar-refractivity contribution in [2.75, 3.05) is 5.75 Å². The molecule has 0 aromatic heterocycles. The van der Waals surface area contributed by atoms with Gasteiger partial charge in [0.25, 0.3) is 0 Å². The molecule has 0 heterocycles. The van der Waals surface area contributed by atoms with Gasteiger partial charge in [0, 0.05) is 17.3 Å². The van der Waals surface area contributed by atoms with Crippen molar-refractivity contribution >= 4 is 17.7 Å². The molecule has 92 valence electrons. The first-order valence-corrected chi connectivity index (χ1v) is 7.36. The number of thioether (sulfide) groups is 1. The minimum absolute atomic E-state index is 0.127. The van der Waals surface area contributed by atoms with Crippen molar-refractivity contribution in [2.24, 2.45) is 5.92 Å². The van der Waals surface area contributed by atoms with E-state index in [1.54, 1.807) is 0 Å². The van der Waals surface area contributed by atoms with Crippen LogP contribution < -0.4 is 5.32 Å². The third-order valence-corrected chi connectivity index (χ3v) is 5.06. The van der Waals surface area contributed by atoms with E-state index in [2.05, 4.69) is 12.2 Å². The Balaban J connectivity index is 1.73. The number of carboxylic acid groups (broad SMARTS) is 1. The molecular weight excluding hydrogens is 222 g/mol. The fraction of sp³-hybridized carbons (Fsp3) is 0.917. The average Bonchev–Trinajstić information content (AvgIpc) is 2.60. The van der Waals surface area contributed by atoms with Crippen LogP contribution >= 0.6 is 11.8 Å². The molecule has 0 bridgehead atoms. The zero-order chi connectivity index (χ0) is 11.5. The second-order valence-corrected chi connectivity index (χ2v) is 6.46. The first kappa shape index (κ1) is 12.2. The number of rotatable bonds is 5. The molecule has 0 aromatic rings. The normalized spacial score (nSPS) is 38.3. The second-order valence-electron chi connectivity index (χ2n) is 4.88. The third-order valence-electron chi connectivity index (χ3n) is 3.83. The Morgan fingerprint density at radius 2 is 2.19 bits per heavy atom. The monoisotopic (exact) mass is 243 g/mol. The molecule has 16 heavy (non-hydrogen) atoms. The second kappa shape index (κ2) is 5.41. The number of hydrogen-bond acceptors (Lipinski definition) is 3. The maximum atomic E-state index is 10.9. The first-order chi connectivity index (χ1) is 7.70. The highest BCUT2D eigenvalue weighted by molar-refractivity contribution is 7.99. The van der Waals surface area contributed by atoms with E-state index in [0.29, 0.717) is 6.04 Å². The predicted octanol–water partition coefficient (Wildman–Crippen LogP) is 2.11. The minimum atomic E-state index is -0.624. The SMILES string of the molecule is CCSC1CCC(NC2CCC2C(=O)O)C1. The van der Waals surface area contributed by atoms with Gasteiger partial charge in [-0.25, -0.2) is 0 Å². The predicted molar refractivity (Wildman–Crippen MR) is 66.8 cm³/mol. The highest BCUT2D eigenvalue weighted by Crippen LogP contribution is 2.33. The van der Waals surface area contributed by atoms with Crippen LogP contribution in [-0.4, -0.2) is 34.2 Å². The van der Waals surface area contributed by atoms with E-state index < -0.39 is 5.97 Å². The Kier molecular flexibility index (Phi) is 4.14. The molecule has 2 aliphatic rings. The zero-order valence-corrected chi connectivity index (χ0v) is 10.6. The summed E-state index contributed by atoms with van der Waals surface area (Å²) in [6.07, 6.45) is 5.63. The zero-order valence-electron chi connectivity index (χ0n) is 9.82. The van der Waals surface area contributed by atoms with E-state index in [-0.39, 0.29) is 12.0 Å². The van der Waals surface area contributed by atoms with Gasteiger partial charge in [-0.05, 0) is 37.9 Å². The van der Waals surface area contributed by atoms with Gasteiger partial charge in [0.2, 0.25) is 0 Å². The van der Waals surface area contributed by atoms with Crippen LogP contribution in [0.15, 0.2) is 0 Å². The maximum Gasteiger partial charge on any atom is 0.308 e. The number of aliphatic carboxylic acids is 1. The first-order valence-electron chi connectivity index (χ1n) is 6.31. The molecule has 0 amide bonds. The number of carbonyl (C=O) groups is 1. The molecule has 2 aliphatic carbocycles. The van der Waals surface area contributed by atoms with E-state index in [4.69, 9.17) is 5.11 Å². The molecule has 4 atom stereocenters. The lowest BCUT2D eigenvalue weighted by Gasteiger charge is -2.36. The summed E-state index contributed by atoms with van der Waals surface area (Å²) in [6.45, 7) is 2.21. The third kappa shape index (κ3) is 2.72. The van der Waals surface area contributed by atoms with Gasteiger partial charge >= 0.3 is 5.97 Å². The van der Waals surface area contributed by atoms with Gasteiger partial charge in [-0.3, -0.25) is 4.79 Å². The molecule has 0 spiro atoms. The summed E-state index contributed by atoms with van der Waals surface area (Å²) >= 11 is 2.05. The van der Waals surface area contributed by atoms with Gasteiger partial charge in [0.05, 0.1) is 5.92 Å². The van der Waals surface area contributed by atoms with Crippen molar-refractivity contribution in [3.05, 3.63) is 0 Å². The Bertz CT molecular complexity index is 259. The van der Waals surface area contributed by atoms with E-state index in [9.17, 15) is 4.79 Å². The van der Waals surface area contributed by atoms with E-state index >= 15 is 0 Å². The van der Waals surface area contributed by atoms with Gasteiger partial charge < -0.3 is 10.4 Å². The molecule has 2 rings (SSSR count). The van der Waals surface area contributed by atoms with Crippen LogP contribution in [0.1, 0.15) is 39.0 Å². The van der Waals surface area contributed by atoms with Crippen molar-refractivity contribution in [2.45, 2.75) is 56.4 Å². The molecule has 0 saturated heterocycles. The maximum absolute atomic E-state index is 10.9. The molecule has 0 radical (unpaired) electrons. The van der Waals surface area contributed by atoms with Gasteiger partial charge in [-0.15, -0.1) is 0 Å². The molecule has 4 unspecified atom stereocenters. The van der Waals surface area contributed by atoms with Gasteiger partial charge in [-0.1, -0.05) is 6.92 Å². The van der Waals surface area contributed by atoms with Crippen LogP contribution in [0, 0.1) is 5.92 Å². The van der Waals surface area contributed by atoms with Crippen molar-refractivity contribution in [1.29, 1.82) is 0 Å². The summed E-state index contributed by atoms with van der Waals surface area (Å²) in [5, 5.41) is 13.3. The van der Waals surface area contributed by atoms with Gasteiger partial charge in [-0.2, -0.15) is 11.8 Å². The van der Waals surface area contributed by atoms with Crippen LogP contribution in [-0.2, 0) is 4.79 Å². The van der Waals surface area contributed by atoms with E-state index in [1.165, 1.54) is 25.0 Å². The van der Waals surface area contributed by atoms with Crippen LogP contribution in [0.2, 0.25) is 0 Å². The topological polar surface area (TPSA) is 49.3 Å². The lowest BCUT2D eigenvalue weighted by atomic mass is 9.79. The Morgan fingerprint density at radius 3 is 2.75 bits per heavy atom. The summed E-state index contributed by atoms with van der Waals surface area (Å²) < 4.78 is 0. The van der Waals surface area contributed by atoms with Crippen molar-refractivity contribution in [3.8, 4) is 0 Å². The molecule has 2 N–H and O–H groups in total. The van der Waals surface area contributed by atoms with E-state index in [0.717, 1.165) is 18.1 Å². The highest BCUT2D eigenvalue weighted by Gasteiger charge is 2.38. The number of nitrogens with one attached hydrogen (secondary N) is 1. The molecule has 0 aliphatic heterocycles. The fourth-order valence-electron chi connectivity index (χ4n) is 2.78. The van der Waals surface area contributed by atoms with Crippen molar-refractivity contribution < 1.29 is 9.90 Å². The number of carboxylic acids is 1. The Labute approximate surface area is 101 Å². The molecule has 2 fully saturated rings. The summed E-state index contributed by atoms with van der Waals surface area (Å²) in [6, 6.07) is 0.809. The molecule has 0 aromatic carbocycles. The van der Waals surface area contributed by atoms with Crippen LogP contribution in [0.3, 0.4) is 0 Å². The van der Waals surface area contributed by atoms with E-state index in [1.807, 2.05) is 11.8 Å². The molecular formula is C12H21NO2S. The lowest BCUT2D eigenvalue weighted by Crippen LogP contribution is -2.50. The molecule has 4 heteroatoms. The molecule has 2 saturated carbocycles. The highest BCUT2D eigenvalue weighted by atomic mass is 32.2. The Hall–Kier alpha value is -0.220. The quantitative estimate of drug-likeness (QED) is 0.776. The van der Waals surface area contributed by atoms with Gasteiger partial charge in [0.1, 0.15) is 0 Å². The van der Waals surface area contributed by atoms with Crippen LogP contribution in [0.25, 0.3) is 0 Å². The summed E-state index contributed by atoms with van der Waals surface area (Å²) in [4.78, 5) is 10.9. The minimum Gasteiger partial charge on any atom is -0.481 e. The number of hydrogen-bond donors (Lipinski definition) is 2. The van der Waals surface area contributed by atoms with Crippen LogP contribution in [0.4, 0.5) is 0 Å². The largest absolute Gasteiger partial charge is 0.481 e. The summed E-state index contributed by atoms with van der Waals surface area (Å²) in [7, 11) is 0. The standard InChI is InChI=1S/C12H21NO2S/c1-2-16-9-4-3-8(7-9)13-11-6-5-10(11)12(14)15/h8-11,13H,2-7H2,1H3,(H,14,15). The summed E-state index contributed by atoms with van der Waals surface area (Å²) in [5.41, 5.74) is 0. The van der Waals surface area contributed by atoms with Crippen molar-refractivity contribution in [3.63, 3.8) is 0 Å². The van der Waals surface area contributed by atoms with Crippen LogP contribution in [0.5, 0.6) is 0 Å². The van der Waals surface area contributed by atoms with Crippen molar-refractivity contribution in [1.82, 2.24) is 5.32 Å². The average molecular weight is 243 g/mol. The smallest absolute Gasteiger partial charge is 0.308 e. The lowest BCUT2D eigenvalue weighted by molar-refractivity contribution is -0.146. The van der Waals surface area contributed by atoms with Gasteiger partial charge in [0.15, 0.2) is 0 Å². The summed E-state index contributed by atoms with van der Waals surface area (Å²) in [5.74, 6) is 0.442. The fourth-order valence-corrected chi connectivity index (χ4v) is 3.92. The molecule has 3 nitrogen and oxygen atoms in total.